The molecule has 2 rings (SSSR count). The number of Topliss-reactive ketones (excluding diaryl/α,β-unsaturated/α-hetero) is 1. The van der Waals surface area contributed by atoms with Crippen LogP contribution in [-0.2, 0) is 6.42 Å². The van der Waals surface area contributed by atoms with Crippen molar-refractivity contribution in [2.24, 2.45) is 0 Å². The Hall–Kier alpha value is -2.29. The summed E-state index contributed by atoms with van der Waals surface area (Å²) in [4.78, 5) is 11.3. The van der Waals surface area contributed by atoms with Gasteiger partial charge in [-0.1, -0.05) is 25.1 Å². The van der Waals surface area contributed by atoms with Gasteiger partial charge in [0.15, 0.2) is 5.78 Å². The van der Waals surface area contributed by atoms with Crippen molar-refractivity contribution >= 4 is 22.8 Å². The Morgan fingerprint density at radius 1 is 1.21 bits per heavy atom. The molecule has 3 heteroatoms. The highest BCUT2D eigenvalue weighted by molar-refractivity contribution is 5.99. The molecular formula is C16H18N2O. The molecule has 0 aromatic heterocycles. The summed E-state index contributed by atoms with van der Waals surface area (Å²) in [7, 11) is 0. The van der Waals surface area contributed by atoms with E-state index >= 15 is 0 Å². The number of nitrogens with one attached hydrogen (secondary N) is 1. The predicted molar refractivity (Wildman–Crippen MR) is 80.0 cm³/mol. The number of nitrogen functional groups attached to an aromatic ring is 1. The van der Waals surface area contributed by atoms with Crippen LogP contribution in [0.1, 0.15) is 29.8 Å². The first-order valence-electron chi connectivity index (χ1n) is 6.37. The van der Waals surface area contributed by atoms with Gasteiger partial charge < -0.3 is 11.1 Å². The maximum absolute atomic E-state index is 11.3. The summed E-state index contributed by atoms with van der Waals surface area (Å²) in [5.74, 6) is -0.0157. The zero-order valence-corrected chi connectivity index (χ0v) is 11.2. The highest BCUT2D eigenvalue weighted by Crippen LogP contribution is 2.24. The molecule has 0 unspecified atom stereocenters. The number of para-hydroxylation sites is 1. The number of benzene rings is 2. The fraction of sp³-hybridized carbons (Fsp3) is 0.188. The van der Waals surface area contributed by atoms with Crippen LogP contribution in [0, 0.1) is 0 Å². The second-order valence-electron chi connectivity index (χ2n) is 4.49. The molecule has 19 heavy (non-hydrogen) atoms. The van der Waals surface area contributed by atoms with Gasteiger partial charge in [0.2, 0.25) is 0 Å². The van der Waals surface area contributed by atoms with Gasteiger partial charge in [0, 0.05) is 22.6 Å². The second-order valence-corrected chi connectivity index (χ2v) is 4.49. The van der Waals surface area contributed by atoms with Gasteiger partial charge in [0.1, 0.15) is 0 Å². The third-order valence-electron chi connectivity index (χ3n) is 3.11. The first kappa shape index (κ1) is 13.1. The van der Waals surface area contributed by atoms with Gasteiger partial charge in [-0.2, -0.15) is 0 Å². The largest absolute Gasteiger partial charge is 0.398 e. The molecule has 0 atom stereocenters. The Balaban J connectivity index is 2.29. The van der Waals surface area contributed by atoms with Crippen molar-refractivity contribution in [2.45, 2.75) is 20.3 Å². The van der Waals surface area contributed by atoms with Crippen LogP contribution in [-0.4, -0.2) is 5.78 Å². The normalized spacial score (nSPS) is 10.2. The molecule has 0 radical (unpaired) electrons. The molecule has 0 aliphatic heterocycles. The smallest absolute Gasteiger partial charge is 0.161 e. The van der Waals surface area contributed by atoms with Gasteiger partial charge >= 0.3 is 0 Å². The third kappa shape index (κ3) is 2.94. The molecule has 0 spiro atoms. The van der Waals surface area contributed by atoms with Crippen LogP contribution in [0.2, 0.25) is 0 Å². The predicted octanol–water partition coefficient (Wildman–Crippen LogP) is 3.78. The maximum Gasteiger partial charge on any atom is 0.161 e. The van der Waals surface area contributed by atoms with Crippen molar-refractivity contribution in [2.75, 3.05) is 11.1 Å². The van der Waals surface area contributed by atoms with E-state index in [0.717, 1.165) is 17.8 Å². The number of ketones is 1. The van der Waals surface area contributed by atoms with Crippen molar-refractivity contribution in [1.29, 1.82) is 0 Å². The molecule has 3 N–H and O–H groups in total. The highest BCUT2D eigenvalue weighted by atomic mass is 16.1. The first-order valence-corrected chi connectivity index (χ1v) is 6.37. The molecular weight excluding hydrogens is 236 g/mol. The van der Waals surface area contributed by atoms with Gasteiger partial charge in [-0.05, 0) is 43.2 Å². The fourth-order valence-corrected chi connectivity index (χ4v) is 2.07. The lowest BCUT2D eigenvalue weighted by Crippen LogP contribution is -2.01. The van der Waals surface area contributed by atoms with Crippen molar-refractivity contribution < 1.29 is 4.79 Å². The van der Waals surface area contributed by atoms with Crippen LogP contribution in [0.3, 0.4) is 0 Å². The molecule has 0 aliphatic rings. The summed E-state index contributed by atoms with van der Waals surface area (Å²) in [6.45, 7) is 3.64. The van der Waals surface area contributed by atoms with E-state index in [1.165, 1.54) is 12.5 Å². The maximum atomic E-state index is 11.3. The van der Waals surface area contributed by atoms with Crippen LogP contribution in [0.25, 0.3) is 0 Å². The van der Waals surface area contributed by atoms with Gasteiger partial charge in [-0.3, -0.25) is 4.79 Å². The van der Waals surface area contributed by atoms with E-state index < -0.39 is 0 Å². The number of carbonyl (C=O) groups excluding carboxylic acids is 1. The van der Waals surface area contributed by atoms with Crippen LogP contribution in [0.4, 0.5) is 17.1 Å². The van der Waals surface area contributed by atoms with Gasteiger partial charge in [-0.25, -0.2) is 0 Å². The molecule has 0 fully saturated rings. The van der Waals surface area contributed by atoms with Crippen LogP contribution < -0.4 is 11.1 Å². The molecule has 0 amide bonds. The first-order chi connectivity index (χ1) is 9.11. The Morgan fingerprint density at radius 2 is 1.95 bits per heavy atom. The minimum Gasteiger partial charge on any atom is -0.398 e. The molecule has 2 aromatic rings. The lowest BCUT2D eigenvalue weighted by atomic mass is 10.1. The van der Waals surface area contributed by atoms with E-state index in [9.17, 15) is 4.79 Å². The zero-order valence-electron chi connectivity index (χ0n) is 11.2. The summed E-state index contributed by atoms with van der Waals surface area (Å²) in [5.41, 5.74) is 10.2. The quantitative estimate of drug-likeness (QED) is 0.645. The zero-order chi connectivity index (χ0) is 13.8. The number of rotatable bonds is 4. The lowest BCUT2D eigenvalue weighted by Gasteiger charge is -2.12. The number of carbonyl (C=O) groups is 1. The second kappa shape index (κ2) is 5.57. The summed E-state index contributed by atoms with van der Waals surface area (Å²) in [6.07, 6.45) is 0.962. The van der Waals surface area contributed by atoms with E-state index in [1.54, 1.807) is 12.1 Å². The molecule has 0 saturated carbocycles. The minimum absolute atomic E-state index is 0.0157. The summed E-state index contributed by atoms with van der Waals surface area (Å²) >= 11 is 0. The standard InChI is InChI=1S/C16H18N2O/c1-3-12-6-4-5-7-16(12)18-13-8-9-14(11(2)19)15(17)10-13/h4-10,18H,3,17H2,1-2H3. The molecule has 0 aliphatic carbocycles. The number of hydrogen-bond donors (Lipinski definition) is 2. The number of hydrogen-bond acceptors (Lipinski definition) is 3. The molecule has 98 valence electrons. The summed E-state index contributed by atoms with van der Waals surface area (Å²) in [6, 6.07) is 13.6. The lowest BCUT2D eigenvalue weighted by molar-refractivity contribution is 0.101. The van der Waals surface area contributed by atoms with Crippen LogP contribution in [0.5, 0.6) is 0 Å². The number of aryl methyl sites for hydroxylation is 1. The van der Waals surface area contributed by atoms with Crippen molar-refractivity contribution in [3.8, 4) is 0 Å². The van der Waals surface area contributed by atoms with Crippen LogP contribution in [0.15, 0.2) is 42.5 Å². The molecule has 0 saturated heterocycles. The Morgan fingerprint density at radius 3 is 2.58 bits per heavy atom. The van der Waals surface area contributed by atoms with Crippen molar-refractivity contribution in [3.63, 3.8) is 0 Å². The minimum atomic E-state index is -0.0157. The van der Waals surface area contributed by atoms with Crippen LogP contribution >= 0.6 is 0 Å². The van der Waals surface area contributed by atoms with Gasteiger partial charge in [-0.15, -0.1) is 0 Å². The van der Waals surface area contributed by atoms with Gasteiger partial charge in [0.05, 0.1) is 0 Å². The Kier molecular flexibility index (Phi) is 3.85. The molecule has 0 bridgehead atoms. The SMILES string of the molecule is CCc1ccccc1Nc1ccc(C(C)=O)c(N)c1. The van der Waals surface area contributed by atoms with E-state index in [2.05, 4.69) is 18.3 Å². The van der Waals surface area contributed by atoms with Gasteiger partial charge in [0.25, 0.3) is 0 Å². The summed E-state index contributed by atoms with van der Waals surface area (Å²) < 4.78 is 0. The average Bonchev–Trinajstić information content (AvgIpc) is 2.39. The van der Waals surface area contributed by atoms with E-state index in [-0.39, 0.29) is 5.78 Å². The average molecular weight is 254 g/mol. The Bertz CT molecular complexity index is 605. The topological polar surface area (TPSA) is 55.1 Å². The van der Waals surface area contributed by atoms with E-state index in [1.807, 2.05) is 24.3 Å². The number of anilines is 3. The molecule has 2 aromatic carbocycles. The number of nitrogens with two attached hydrogens (primary N) is 1. The van der Waals surface area contributed by atoms with Crippen molar-refractivity contribution in [1.82, 2.24) is 0 Å². The summed E-state index contributed by atoms with van der Waals surface area (Å²) in [5, 5.41) is 3.34. The van der Waals surface area contributed by atoms with E-state index in [4.69, 9.17) is 5.73 Å². The Labute approximate surface area is 113 Å². The molecule has 3 nitrogen and oxygen atoms in total. The third-order valence-corrected chi connectivity index (χ3v) is 3.11. The van der Waals surface area contributed by atoms with E-state index in [0.29, 0.717) is 11.3 Å². The monoisotopic (exact) mass is 254 g/mol. The van der Waals surface area contributed by atoms with Crippen molar-refractivity contribution in [3.05, 3.63) is 53.6 Å². The highest BCUT2D eigenvalue weighted by Gasteiger charge is 2.06. The fourth-order valence-electron chi connectivity index (χ4n) is 2.07. The molecule has 0 heterocycles.